The molecule has 0 aliphatic heterocycles. The van der Waals surface area contributed by atoms with Crippen LogP contribution in [-0.2, 0) is 19.3 Å². The van der Waals surface area contributed by atoms with Crippen LogP contribution in [-0.4, -0.2) is 0 Å². The lowest BCUT2D eigenvalue weighted by molar-refractivity contribution is 0.607. The fraction of sp³-hybridized carbons (Fsp3) is 0.318. The van der Waals surface area contributed by atoms with Crippen molar-refractivity contribution in [1.82, 2.24) is 0 Å². The van der Waals surface area contributed by atoms with Crippen molar-refractivity contribution in [3.8, 4) is 6.07 Å². The average molecular weight is 319 g/mol. The fourth-order valence-electron chi connectivity index (χ4n) is 3.32. The first kappa shape index (κ1) is 16.5. The van der Waals surface area contributed by atoms with Crippen LogP contribution in [0, 0.1) is 17.1 Å². The zero-order valence-corrected chi connectivity index (χ0v) is 14.1. The SMILES string of the molecule is CCCCCc1ccc(C2=CCc3c(ccc(C#N)c3F)C2)cc1. The molecule has 24 heavy (non-hydrogen) atoms. The minimum absolute atomic E-state index is 0.141. The smallest absolute Gasteiger partial charge is 0.144 e. The number of hydrogen-bond donors (Lipinski definition) is 0. The second kappa shape index (κ2) is 7.45. The van der Waals surface area contributed by atoms with Crippen LogP contribution in [0.3, 0.4) is 0 Å². The summed E-state index contributed by atoms with van der Waals surface area (Å²) >= 11 is 0. The number of rotatable bonds is 5. The number of aryl methyl sites for hydroxylation is 1. The lowest BCUT2D eigenvalue weighted by Crippen LogP contribution is -2.06. The molecule has 0 amide bonds. The van der Waals surface area contributed by atoms with Gasteiger partial charge in [-0.15, -0.1) is 0 Å². The number of nitrogens with zero attached hydrogens (tertiary/aromatic N) is 1. The van der Waals surface area contributed by atoms with E-state index in [9.17, 15) is 4.39 Å². The van der Waals surface area contributed by atoms with Crippen molar-refractivity contribution in [2.24, 2.45) is 0 Å². The van der Waals surface area contributed by atoms with Crippen LogP contribution >= 0.6 is 0 Å². The van der Waals surface area contributed by atoms with Crippen molar-refractivity contribution < 1.29 is 4.39 Å². The van der Waals surface area contributed by atoms with E-state index in [1.165, 1.54) is 36.0 Å². The number of allylic oxidation sites excluding steroid dienone is 2. The Morgan fingerprint density at radius 2 is 1.88 bits per heavy atom. The van der Waals surface area contributed by atoms with Crippen LogP contribution in [0.5, 0.6) is 0 Å². The summed E-state index contributed by atoms with van der Waals surface area (Å²) in [4.78, 5) is 0. The Hall–Kier alpha value is -2.40. The fourth-order valence-corrected chi connectivity index (χ4v) is 3.32. The second-order valence-electron chi connectivity index (χ2n) is 6.44. The number of fused-ring (bicyclic) bond motifs is 1. The Balaban J connectivity index is 1.75. The molecule has 0 fully saturated rings. The molecule has 0 radical (unpaired) electrons. The summed E-state index contributed by atoms with van der Waals surface area (Å²) in [6.45, 7) is 2.22. The zero-order chi connectivity index (χ0) is 16.9. The van der Waals surface area contributed by atoms with Crippen molar-refractivity contribution in [2.45, 2.75) is 45.4 Å². The lowest BCUT2D eigenvalue weighted by Gasteiger charge is -2.18. The number of halogens is 1. The van der Waals surface area contributed by atoms with Crippen molar-refractivity contribution in [1.29, 1.82) is 5.26 Å². The lowest BCUT2D eigenvalue weighted by atomic mass is 9.86. The van der Waals surface area contributed by atoms with E-state index >= 15 is 0 Å². The van der Waals surface area contributed by atoms with Gasteiger partial charge in [-0.2, -0.15) is 5.26 Å². The van der Waals surface area contributed by atoms with Crippen LogP contribution in [0.1, 0.15) is 54.0 Å². The highest BCUT2D eigenvalue weighted by molar-refractivity contribution is 5.71. The summed E-state index contributed by atoms with van der Waals surface area (Å²) in [6, 6.07) is 14.2. The van der Waals surface area contributed by atoms with Gasteiger partial charge in [0.2, 0.25) is 0 Å². The van der Waals surface area contributed by atoms with Gasteiger partial charge in [0.1, 0.15) is 11.9 Å². The van der Waals surface area contributed by atoms with Crippen molar-refractivity contribution in [2.75, 3.05) is 0 Å². The minimum Gasteiger partial charge on any atom is -0.205 e. The maximum absolute atomic E-state index is 14.2. The zero-order valence-electron chi connectivity index (χ0n) is 14.1. The van der Waals surface area contributed by atoms with Gasteiger partial charge in [0, 0.05) is 0 Å². The number of hydrogen-bond acceptors (Lipinski definition) is 1. The highest BCUT2D eigenvalue weighted by atomic mass is 19.1. The molecule has 1 aliphatic rings. The topological polar surface area (TPSA) is 23.8 Å². The maximum Gasteiger partial charge on any atom is 0.144 e. The molecule has 2 aromatic carbocycles. The average Bonchev–Trinajstić information content (AvgIpc) is 2.63. The molecule has 0 saturated carbocycles. The van der Waals surface area contributed by atoms with Crippen LogP contribution < -0.4 is 0 Å². The summed E-state index contributed by atoms with van der Waals surface area (Å²) in [6.07, 6.45) is 8.29. The predicted molar refractivity (Wildman–Crippen MR) is 96.2 cm³/mol. The highest BCUT2D eigenvalue weighted by Gasteiger charge is 2.18. The quantitative estimate of drug-likeness (QED) is 0.657. The van der Waals surface area contributed by atoms with E-state index in [0.29, 0.717) is 12.0 Å². The molecule has 0 bridgehead atoms. The van der Waals surface area contributed by atoms with E-state index in [4.69, 9.17) is 5.26 Å². The normalized spacial score (nSPS) is 13.1. The molecule has 0 saturated heterocycles. The van der Waals surface area contributed by atoms with Crippen molar-refractivity contribution in [3.63, 3.8) is 0 Å². The number of unbranched alkanes of at least 4 members (excludes halogenated alkanes) is 2. The number of benzene rings is 2. The van der Waals surface area contributed by atoms with E-state index in [0.717, 1.165) is 18.4 Å². The van der Waals surface area contributed by atoms with Gasteiger partial charge in [0.05, 0.1) is 5.56 Å². The van der Waals surface area contributed by atoms with E-state index in [-0.39, 0.29) is 11.4 Å². The molecule has 0 spiro atoms. The van der Waals surface area contributed by atoms with Crippen LogP contribution in [0.25, 0.3) is 5.57 Å². The molecule has 3 rings (SSSR count). The number of nitriles is 1. The van der Waals surface area contributed by atoms with Gasteiger partial charge in [-0.25, -0.2) is 4.39 Å². The molecular weight excluding hydrogens is 297 g/mol. The van der Waals surface area contributed by atoms with Gasteiger partial charge in [-0.3, -0.25) is 0 Å². The third-order valence-corrected chi connectivity index (χ3v) is 4.79. The molecule has 0 heterocycles. The molecule has 0 aromatic heterocycles. The first-order chi connectivity index (χ1) is 11.7. The Bertz CT molecular complexity index is 794. The molecule has 2 aromatic rings. The Kier molecular flexibility index (Phi) is 5.11. The molecule has 0 N–H and O–H groups in total. The third-order valence-electron chi connectivity index (χ3n) is 4.79. The maximum atomic E-state index is 14.2. The second-order valence-corrected chi connectivity index (χ2v) is 6.44. The molecule has 122 valence electrons. The van der Waals surface area contributed by atoms with E-state index in [2.05, 4.69) is 37.3 Å². The van der Waals surface area contributed by atoms with E-state index in [1.807, 2.05) is 12.1 Å². The summed E-state index contributed by atoms with van der Waals surface area (Å²) in [5.74, 6) is -0.350. The van der Waals surface area contributed by atoms with Crippen LogP contribution in [0.4, 0.5) is 4.39 Å². The van der Waals surface area contributed by atoms with Gasteiger partial charge in [-0.05, 0) is 59.6 Å². The Morgan fingerprint density at radius 3 is 2.58 bits per heavy atom. The highest BCUT2D eigenvalue weighted by Crippen LogP contribution is 2.30. The summed E-state index contributed by atoms with van der Waals surface area (Å²) in [5, 5.41) is 8.95. The molecule has 2 heteroatoms. The van der Waals surface area contributed by atoms with Crippen molar-refractivity contribution >= 4 is 5.57 Å². The largest absolute Gasteiger partial charge is 0.205 e. The van der Waals surface area contributed by atoms with Crippen LogP contribution in [0.15, 0.2) is 42.5 Å². The minimum atomic E-state index is -0.350. The van der Waals surface area contributed by atoms with Crippen molar-refractivity contribution in [3.05, 3.63) is 76.1 Å². The molecule has 0 atom stereocenters. The van der Waals surface area contributed by atoms with Gasteiger partial charge >= 0.3 is 0 Å². The first-order valence-corrected chi connectivity index (χ1v) is 8.71. The standard InChI is InChI=1S/C22H22FN/c1-2-3-4-5-16-6-8-17(9-7-16)18-12-13-21-19(14-18)10-11-20(15-24)22(21)23/h6-12H,2-5,13-14H2,1H3. The third kappa shape index (κ3) is 3.41. The van der Waals surface area contributed by atoms with Crippen LogP contribution in [0.2, 0.25) is 0 Å². The predicted octanol–water partition coefficient (Wildman–Crippen LogP) is 5.61. The monoisotopic (exact) mass is 319 g/mol. The molecule has 1 nitrogen and oxygen atoms in total. The Labute approximate surface area is 143 Å². The van der Waals surface area contributed by atoms with Gasteiger partial charge in [0.25, 0.3) is 0 Å². The molecular formula is C22H22FN. The summed E-state index contributed by atoms with van der Waals surface area (Å²) < 4.78 is 14.2. The summed E-state index contributed by atoms with van der Waals surface area (Å²) in [7, 11) is 0. The molecule has 1 aliphatic carbocycles. The van der Waals surface area contributed by atoms with Gasteiger partial charge < -0.3 is 0 Å². The Morgan fingerprint density at radius 1 is 1.08 bits per heavy atom. The van der Waals surface area contributed by atoms with Gasteiger partial charge in [0.15, 0.2) is 0 Å². The summed E-state index contributed by atoms with van der Waals surface area (Å²) in [5.41, 5.74) is 5.65. The molecule has 0 unspecified atom stereocenters. The first-order valence-electron chi connectivity index (χ1n) is 8.71. The van der Waals surface area contributed by atoms with E-state index < -0.39 is 0 Å². The van der Waals surface area contributed by atoms with Gasteiger partial charge in [-0.1, -0.05) is 56.2 Å². The van der Waals surface area contributed by atoms with E-state index in [1.54, 1.807) is 6.07 Å².